The number of rotatable bonds is 5. The van der Waals surface area contributed by atoms with E-state index in [1.165, 1.54) is 11.3 Å². The number of aryl methyl sites for hydroxylation is 3. The van der Waals surface area contributed by atoms with Crippen molar-refractivity contribution in [3.8, 4) is 21.9 Å². The van der Waals surface area contributed by atoms with Gasteiger partial charge >= 0.3 is 0 Å². The molecule has 1 amide bonds. The Balaban J connectivity index is 1.25. The van der Waals surface area contributed by atoms with E-state index in [1.54, 1.807) is 22.7 Å². The maximum atomic E-state index is 12.7. The Morgan fingerprint density at radius 2 is 1.89 bits per heavy atom. The molecule has 0 radical (unpaired) electrons. The number of furan rings is 1. The van der Waals surface area contributed by atoms with Crippen molar-refractivity contribution in [2.45, 2.75) is 27.2 Å². The molecule has 182 valence electrons. The molecule has 0 fully saturated rings. The Bertz CT molecular complexity index is 1620. The summed E-state index contributed by atoms with van der Waals surface area (Å²) in [6, 6.07) is 14.8. The highest BCUT2D eigenvalue weighted by Gasteiger charge is 2.16. The number of amides is 1. The first kappa shape index (κ1) is 24.1. The van der Waals surface area contributed by atoms with Crippen LogP contribution in [0.2, 0.25) is 5.02 Å². The molecular weight excluding hydrogens is 516 g/mol. The fourth-order valence-corrected chi connectivity index (χ4v) is 4.85. The van der Waals surface area contributed by atoms with E-state index in [1.807, 2.05) is 51.1 Å². The molecule has 8 nitrogen and oxygen atoms in total. The third-order valence-electron chi connectivity index (χ3n) is 5.61. The lowest BCUT2D eigenvalue weighted by Gasteiger charge is -2.12. The normalized spacial score (nSPS) is 11.1. The van der Waals surface area contributed by atoms with Gasteiger partial charge in [0.25, 0.3) is 5.91 Å². The zero-order valence-electron chi connectivity index (χ0n) is 19.6. The van der Waals surface area contributed by atoms with Crippen LogP contribution in [0.4, 0.5) is 5.69 Å². The third kappa shape index (κ3) is 4.75. The van der Waals surface area contributed by atoms with Gasteiger partial charge in [0.1, 0.15) is 10.8 Å². The quantitative estimate of drug-likeness (QED) is 0.263. The average molecular weight is 537 g/mol. The minimum atomic E-state index is -0.447. The van der Waals surface area contributed by atoms with E-state index in [4.69, 9.17) is 28.2 Å². The van der Waals surface area contributed by atoms with E-state index in [2.05, 4.69) is 25.9 Å². The van der Waals surface area contributed by atoms with Crippen LogP contribution in [0.3, 0.4) is 0 Å². The summed E-state index contributed by atoms with van der Waals surface area (Å²) >= 11 is 13.0. The number of nitrogens with zero attached hydrogens (tertiary/aromatic N) is 4. The van der Waals surface area contributed by atoms with E-state index in [0.717, 1.165) is 50.2 Å². The van der Waals surface area contributed by atoms with Gasteiger partial charge in [-0.2, -0.15) is 9.61 Å². The van der Waals surface area contributed by atoms with Gasteiger partial charge in [-0.25, -0.2) is 0 Å². The van der Waals surface area contributed by atoms with E-state index >= 15 is 0 Å². The molecule has 0 bridgehead atoms. The van der Waals surface area contributed by atoms with E-state index in [0.29, 0.717) is 10.8 Å². The van der Waals surface area contributed by atoms with Crippen molar-refractivity contribution < 1.29 is 9.21 Å². The number of fused-ring (bicyclic) bond motifs is 1. The molecule has 5 rings (SSSR count). The Morgan fingerprint density at radius 1 is 1.08 bits per heavy atom. The minimum Gasteiger partial charge on any atom is -0.451 e. The molecule has 0 spiro atoms. The van der Waals surface area contributed by atoms with E-state index in [-0.39, 0.29) is 10.9 Å². The number of hydrogen-bond donors (Lipinski definition) is 2. The van der Waals surface area contributed by atoms with Gasteiger partial charge < -0.3 is 9.73 Å². The average Bonchev–Trinajstić information content (AvgIpc) is 3.58. The summed E-state index contributed by atoms with van der Waals surface area (Å²) < 4.78 is 7.50. The largest absolute Gasteiger partial charge is 0.451 e. The standard InChI is InChI=1S/C25H21ClN6O2S2/c1-4-21-29-30-25-32(21)31-23(36-25)16-7-8-18(14(3)11-16)27-24(35)28-22(33)20-10-9-19(34-20)15-6-5-13(2)17(26)12-15/h5-12H,4H2,1-3H3,(H2,27,28,33,35). The summed E-state index contributed by atoms with van der Waals surface area (Å²) in [4.78, 5) is 13.4. The molecule has 36 heavy (non-hydrogen) atoms. The Hall–Kier alpha value is -3.60. The molecule has 0 aliphatic carbocycles. The monoisotopic (exact) mass is 536 g/mol. The number of carbonyl (C=O) groups is 1. The van der Waals surface area contributed by atoms with Gasteiger partial charge in [0.05, 0.1) is 0 Å². The van der Waals surface area contributed by atoms with Gasteiger partial charge in [0.2, 0.25) is 4.96 Å². The maximum Gasteiger partial charge on any atom is 0.293 e. The highest BCUT2D eigenvalue weighted by molar-refractivity contribution is 7.80. The van der Waals surface area contributed by atoms with Crippen molar-refractivity contribution in [2.75, 3.05) is 5.32 Å². The topological polar surface area (TPSA) is 97.3 Å². The smallest absolute Gasteiger partial charge is 0.293 e. The molecule has 0 saturated carbocycles. The van der Waals surface area contributed by atoms with Crippen LogP contribution in [0.15, 0.2) is 52.9 Å². The fraction of sp³-hybridized carbons (Fsp3) is 0.160. The lowest BCUT2D eigenvalue weighted by molar-refractivity contribution is 0.0951. The number of thiocarbonyl (C=S) groups is 1. The lowest BCUT2D eigenvalue weighted by Crippen LogP contribution is -2.34. The first-order valence-corrected chi connectivity index (χ1v) is 12.7. The molecule has 2 aromatic carbocycles. The summed E-state index contributed by atoms with van der Waals surface area (Å²) in [5.74, 6) is 1.07. The Morgan fingerprint density at radius 3 is 2.64 bits per heavy atom. The van der Waals surface area contributed by atoms with Gasteiger partial charge in [-0.05, 0) is 73.6 Å². The summed E-state index contributed by atoms with van der Waals surface area (Å²) in [5.41, 5.74) is 4.44. The van der Waals surface area contributed by atoms with Crippen molar-refractivity contribution in [3.63, 3.8) is 0 Å². The summed E-state index contributed by atoms with van der Waals surface area (Å²) in [7, 11) is 0. The van der Waals surface area contributed by atoms with Crippen LogP contribution in [0, 0.1) is 13.8 Å². The maximum absolute atomic E-state index is 12.7. The van der Waals surface area contributed by atoms with Gasteiger partial charge in [-0.1, -0.05) is 42.0 Å². The molecule has 3 aromatic heterocycles. The molecule has 0 aliphatic rings. The predicted molar refractivity (Wildman–Crippen MR) is 146 cm³/mol. The highest BCUT2D eigenvalue weighted by atomic mass is 35.5. The molecule has 0 atom stereocenters. The number of aromatic nitrogens is 4. The molecule has 11 heteroatoms. The lowest BCUT2D eigenvalue weighted by atomic mass is 10.1. The number of carbonyl (C=O) groups excluding carboxylic acids is 1. The van der Waals surface area contributed by atoms with Crippen molar-refractivity contribution >= 4 is 56.8 Å². The van der Waals surface area contributed by atoms with Crippen molar-refractivity contribution in [1.29, 1.82) is 0 Å². The van der Waals surface area contributed by atoms with Crippen LogP contribution in [0.5, 0.6) is 0 Å². The van der Waals surface area contributed by atoms with Crippen LogP contribution >= 0.6 is 35.2 Å². The second kappa shape index (κ2) is 9.81. The van der Waals surface area contributed by atoms with E-state index < -0.39 is 5.91 Å². The van der Waals surface area contributed by atoms with Crippen molar-refractivity contribution in [3.05, 3.63) is 76.3 Å². The van der Waals surface area contributed by atoms with Crippen LogP contribution in [0.1, 0.15) is 34.4 Å². The predicted octanol–water partition coefficient (Wildman–Crippen LogP) is 6.07. The van der Waals surface area contributed by atoms with Crippen LogP contribution in [-0.2, 0) is 6.42 Å². The van der Waals surface area contributed by atoms with Crippen LogP contribution in [0.25, 0.3) is 26.9 Å². The van der Waals surface area contributed by atoms with Gasteiger partial charge in [0, 0.05) is 28.3 Å². The second-order valence-electron chi connectivity index (χ2n) is 8.14. The number of hydrogen-bond acceptors (Lipinski definition) is 7. The molecular formula is C25H21ClN6O2S2. The number of nitrogens with one attached hydrogen (secondary N) is 2. The molecule has 0 unspecified atom stereocenters. The molecule has 0 aliphatic heterocycles. The van der Waals surface area contributed by atoms with Gasteiger partial charge in [0.15, 0.2) is 16.7 Å². The van der Waals surface area contributed by atoms with Crippen LogP contribution < -0.4 is 10.6 Å². The van der Waals surface area contributed by atoms with Crippen LogP contribution in [-0.4, -0.2) is 30.8 Å². The molecule has 0 saturated heterocycles. The minimum absolute atomic E-state index is 0.146. The number of halogens is 1. The zero-order valence-corrected chi connectivity index (χ0v) is 22.0. The first-order chi connectivity index (χ1) is 17.3. The van der Waals surface area contributed by atoms with E-state index in [9.17, 15) is 4.79 Å². The van der Waals surface area contributed by atoms with Gasteiger partial charge in [-0.15, -0.1) is 10.2 Å². The third-order valence-corrected chi connectivity index (χ3v) is 7.17. The zero-order chi connectivity index (χ0) is 25.4. The second-order valence-corrected chi connectivity index (χ2v) is 9.91. The summed E-state index contributed by atoms with van der Waals surface area (Å²) in [6.07, 6.45) is 0.759. The number of benzene rings is 2. The van der Waals surface area contributed by atoms with Crippen molar-refractivity contribution in [1.82, 2.24) is 25.1 Å². The number of anilines is 1. The van der Waals surface area contributed by atoms with Gasteiger partial charge in [-0.3, -0.25) is 10.1 Å². The Labute approximate surface area is 221 Å². The highest BCUT2D eigenvalue weighted by Crippen LogP contribution is 2.29. The first-order valence-electron chi connectivity index (χ1n) is 11.1. The molecule has 2 N–H and O–H groups in total. The summed E-state index contributed by atoms with van der Waals surface area (Å²) in [6.45, 7) is 5.90. The molecule has 5 aromatic rings. The molecule has 3 heterocycles. The van der Waals surface area contributed by atoms with Crippen molar-refractivity contribution in [2.24, 2.45) is 0 Å². The Kier molecular flexibility index (Phi) is 6.57. The fourth-order valence-electron chi connectivity index (χ4n) is 3.61. The summed E-state index contributed by atoms with van der Waals surface area (Å²) in [5, 5.41) is 20.3. The SMILES string of the molecule is CCc1nnc2sc(-c3ccc(NC(=S)NC(=O)c4ccc(-c5ccc(C)c(Cl)c5)o4)c(C)c3)nn12.